The number of thiophene rings is 1. The summed E-state index contributed by atoms with van der Waals surface area (Å²) in [4.78, 5) is 15.4. The molecule has 88 valence electrons. The third kappa shape index (κ3) is 2.10. The standard InChI is InChI=1S/C12H13N3OS/c16-12(9-15-5-1-4-13-15)14-6-2-11-10(8-14)3-7-17-11/h1,3-5,7H,2,6,8-9H2. The summed E-state index contributed by atoms with van der Waals surface area (Å²) >= 11 is 1.79. The van der Waals surface area contributed by atoms with Gasteiger partial charge in [-0.05, 0) is 29.5 Å². The molecule has 2 aromatic rings. The highest BCUT2D eigenvalue weighted by molar-refractivity contribution is 7.10. The van der Waals surface area contributed by atoms with Crippen molar-refractivity contribution in [3.63, 3.8) is 0 Å². The first-order valence-corrected chi connectivity index (χ1v) is 6.51. The van der Waals surface area contributed by atoms with Gasteiger partial charge in [-0.2, -0.15) is 5.10 Å². The van der Waals surface area contributed by atoms with Crippen LogP contribution in [0.4, 0.5) is 0 Å². The maximum Gasteiger partial charge on any atom is 0.244 e. The first kappa shape index (κ1) is 10.5. The lowest BCUT2D eigenvalue weighted by Crippen LogP contribution is -2.37. The van der Waals surface area contributed by atoms with E-state index in [2.05, 4.69) is 16.5 Å². The number of carbonyl (C=O) groups excluding carboxylic acids is 1. The zero-order valence-corrected chi connectivity index (χ0v) is 10.2. The minimum absolute atomic E-state index is 0.144. The molecule has 0 aromatic carbocycles. The molecule has 0 saturated carbocycles. The van der Waals surface area contributed by atoms with Crippen molar-refractivity contribution in [3.05, 3.63) is 40.3 Å². The average molecular weight is 247 g/mol. The van der Waals surface area contributed by atoms with Crippen LogP contribution in [0.15, 0.2) is 29.9 Å². The highest BCUT2D eigenvalue weighted by Crippen LogP contribution is 2.23. The van der Waals surface area contributed by atoms with Gasteiger partial charge in [0.25, 0.3) is 0 Å². The Morgan fingerprint density at radius 2 is 2.47 bits per heavy atom. The van der Waals surface area contributed by atoms with Crippen LogP contribution in [0.3, 0.4) is 0 Å². The molecule has 0 unspecified atom stereocenters. The molecule has 0 radical (unpaired) electrons. The third-order valence-corrected chi connectivity index (χ3v) is 4.04. The molecule has 4 nitrogen and oxygen atoms in total. The summed E-state index contributed by atoms with van der Waals surface area (Å²) in [5, 5.41) is 6.16. The van der Waals surface area contributed by atoms with Crippen LogP contribution < -0.4 is 0 Å². The normalized spacial score (nSPS) is 14.7. The lowest BCUT2D eigenvalue weighted by molar-refractivity contribution is -0.132. The second-order valence-electron chi connectivity index (χ2n) is 4.14. The summed E-state index contributed by atoms with van der Waals surface area (Å²) in [6, 6.07) is 3.95. The molecule has 0 fully saturated rings. The number of fused-ring (bicyclic) bond motifs is 1. The summed E-state index contributed by atoms with van der Waals surface area (Å²) in [6.07, 6.45) is 4.50. The zero-order chi connectivity index (χ0) is 11.7. The maximum absolute atomic E-state index is 12.1. The smallest absolute Gasteiger partial charge is 0.244 e. The van der Waals surface area contributed by atoms with Crippen LogP contribution in [0.1, 0.15) is 10.4 Å². The van der Waals surface area contributed by atoms with Crippen molar-refractivity contribution in [1.29, 1.82) is 0 Å². The summed E-state index contributed by atoms with van der Waals surface area (Å²) < 4.78 is 1.67. The molecular weight excluding hydrogens is 234 g/mol. The zero-order valence-electron chi connectivity index (χ0n) is 9.37. The molecule has 0 spiro atoms. The van der Waals surface area contributed by atoms with Gasteiger partial charge in [-0.1, -0.05) is 0 Å². The molecule has 0 bridgehead atoms. The fourth-order valence-corrected chi connectivity index (χ4v) is 2.98. The van der Waals surface area contributed by atoms with Gasteiger partial charge in [0.05, 0.1) is 0 Å². The van der Waals surface area contributed by atoms with Gasteiger partial charge in [0.1, 0.15) is 6.54 Å². The van der Waals surface area contributed by atoms with Crippen molar-refractivity contribution >= 4 is 17.2 Å². The quantitative estimate of drug-likeness (QED) is 0.807. The molecular formula is C12H13N3OS. The van der Waals surface area contributed by atoms with E-state index in [9.17, 15) is 4.79 Å². The van der Waals surface area contributed by atoms with E-state index in [1.165, 1.54) is 10.4 Å². The molecule has 1 amide bonds. The van der Waals surface area contributed by atoms with Gasteiger partial charge in [0.15, 0.2) is 0 Å². The van der Waals surface area contributed by atoms with Crippen LogP contribution in [0.2, 0.25) is 0 Å². The monoisotopic (exact) mass is 247 g/mol. The molecule has 17 heavy (non-hydrogen) atoms. The highest BCUT2D eigenvalue weighted by atomic mass is 32.1. The Labute approximate surface area is 103 Å². The summed E-state index contributed by atoms with van der Waals surface area (Å²) in [5.74, 6) is 0.144. The second kappa shape index (κ2) is 4.33. The van der Waals surface area contributed by atoms with Gasteiger partial charge in [0, 0.05) is 30.4 Å². The molecule has 1 aliphatic rings. The molecule has 0 saturated heterocycles. The predicted octanol–water partition coefficient (Wildman–Crippen LogP) is 1.53. The average Bonchev–Trinajstić information content (AvgIpc) is 2.97. The Kier molecular flexibility index (Phi) is 2.68. The van der Waals surface area contributed by atoms with E-state index in [1.807, 2.05) is 17.2 Å². The molecule has 3 heterocycles. The Morgan fingerprint density at radius 1 is 1.53 bits per heavy atom. The number of aromatic nitrogens is 2. The number of hydrogen-bond donors (Lipinski definition) is 0. The van der Waals surface area contributed by atoms with Gasteiger partial charge in [-0.3, -0.25) is 9.48 Å². The van der Waals surface area contributed by atoms with Crippen LogP contribution in [0, 0.1) is 0 Å². The van der Waals surface area contributed by atoms with Gasteiger partial charge in [0.2, 0.25) is 5.91 Å². The SMILES string of the molecule is O=C(Cn1cccn1)N1CCc2sccc2C1. The summed E-state index contributed by atoms with van der Waals surface area (Å²) in [5.41, 5.74) is 1.30. The molecule has 0 N–H and O–H groups in total. The topological polar surface area (TPSA) is 38.1 Å². The van der Waals surface area contributed by atoms with E-state index in [0.29, 0.717) is 6.54 Å². The lowest BCUT2D eigenvalue weighted by Gasteiger charge is -2.26. The fraction of sp³-hybridized carbons (Fsp3) is 0.333. The first-order chi connectivity index (χ1) is 8.33. The Hall–Kier alpha value is -1.62. The van der Waals surface area contributed by atoms with Crippen molar-refractivity contribution < 1.29 is 4.79 Å². The molecule has 0 aliphatic carbocycles. The Bertz CT molecular complexity index is 518. The molecule has 1 aliphatic heterocycles. The van der Waals surface area contributed by atoms with Crippen molar-refractivity contribution in [2.75, 3.05) is 6.54 Å². The number of amides is 1. The van der Waals surface area contributed by atoms with Crippen molar-refractivity contribution in [1.82, 2.24) is 14.7 Å². The second-order valence-corrected chi connectivity index (χ2v) is 5.14. The highest BCUT2D eigenvalue weighted by Gasteiger charge is 2.21. The Balaban J connectivity index is 1.68. The Morgan fingerprint density at radius 3 is 3.29 bits per heavy atom. The van der Waals surface area contributed by atoms with E-state index in [-0.39, 0.29) is 5.91 Å². The number of hydrogen-bond acceptors (Lipinski definition) is 3. The van der Waals surface area contributed by atoms with Crippen LogP contribution in [-0.2, 0) is 24.3 Å². The van der Waals surface area contributed by atoms with E-state index >= 15 is 0 Å². The fourth-order valence-electron chi connectivity index (χ4n) is 2.09. The number of rotatable bonds is 2. The maximum atomic E-state index is 12.1. The lowest BCUT2D eigenvalue weighted by atomic mass is 10.1. The first-order valence-electron chi connectivity index (χ1n) is 5.63. The van der Waals surface area contributed by atoms with Gasteiger partial charge in [-0.15, -0.1) is 11.3 Å². The molecule has 0 atom stereocenters. The van der Waals surface area contributed by atoms with Crippen LogP contribution in [0.25, 0.3) is 0 Å². The third-order valence-electron chi connectivity index (χ3n) is 3.02. The van der Waals surface area contributed by atoms with Crippen LogP contribution >= 0.6 is 11.3 Å². The minimum Gasteiger partial charge on any atom is -0.336 e. The minimum atomic E-state index is 0.144. The predicted molar refractivity (Wildman–Crippen MR) is 65.7 cm³/mol. The van der Waals surface area contributed by atoms with Crippen molar-refractivity contribution in [3.8, 4) is 0 Å². The van der Waals surface area contributed by atoms with E-state index in [1.54, 1.807) is 22.2 Å². The van der Waals surface area contributed by atoms with Crippen molar-refractivity contribution in [2.45, 2.75) is 19.5 Å². The van der Waals surface area contributed by atoms with Crippen molar-refractivity contribution in [2.24, 2.45) is 0 Å². The van der Waals surface area contributed by atoms with E-state index in [0.717, 1.165) is 19.5 Å². The van der Waals surface area contributed by atoms with Crippen LogP contribution in [-0.4, -0.2) is 27.1 Å². The largest absolute Gasteiger partial charge is 0.336 e. The molecule has 5 heteroatoms. The number of nitrogens with zero attached hydrogens (tertiary/aromatic N) is 3. The molecule has 3 rings (SSSR count). The summed E-state index contributed by atoms with van der Waals surface area (Å²) in [6.45, 7) is 1.92. The molecule has 2 aromatic heterocycles. The van der Waals surface area contributed by atoms with Gasteiger partial charge < -0.3 is 4.90 Å². The van der Waals surface area contributed by atoms with Gasteiger partial charge in [-0.25, -0.2) is 0 Å². The van der Waals surface area contributed by atoms with E-state index in [4.69, 9.17) is 0 Å². The number of carbonyl (C=O) groups is 1. The summed E-state index contributed by atoms with van der Waals surface area (Å²) in [7, 11) is 0. The van der Waals surface area contributed by atoms with Crippen LogP contribution in [0.5, 0.6) is 0 Å². The van der Waals surface area contributed by atoms with Gasteiger partial charge >= 0.3 is 0 Å². The van der Waals surface area contributed by atoms with E-state index < -0.39 is 0 Å².